The standard InChI is InChI=1S/C22H33N3O3S/c1-15(19-13-16-6-7-17(19)12-16)23-22(26)20-14-18(29(27,28)24(2)3)8-9-21(20)25-10-4-5-11-25/h8-9,14-17,19H,4-7,10-13H2,1-3H3,(H,23,26)/t15-,16+,17+,19+/m1/s1. The van der Waals surface area contributed by atoms with E-state index in [1.165, 1.54) is 44.1 Å². The van der Waals surface area contributed by atoms with E-state index in [1.54, 1.807) is 18.2 Å². The Kier molecular flexibility index (Phi) is 5.64. The molecule has 0 unspecified atom stereocenters. The maximum Gasteiger partial charge on any atom is 0.253 e. The summed E-state index contributed by atoms with van der Waals surface area (Å²) in [5, 5.41) is 3.22. The maximum absolute atomic E-state index is 13.3. The first kappa shape index (κ1) is 20.7. The van der Waals surface area contributed by atoms with Crippen LogP contribution in [-0.4, -0.2) is 51.9 Å². The lowest BCUT2D eigenvalue weighted by molar-refractivity contribution is 0.0915. The van der Waals surface area contributed by atoms with Gasteiger partial charge in [-0.15, -0.1) is 0 Å². The largest absolute Gasteiger partial charge is 0.371 e. The summed E-state index contributed by atoms with van der Waals surface area (Å²) in [6, 6.07) is 5.10. The van der Waals surface area contributed by atoms with Gasteiger partial charge in [0.2, 0.25) is 10.0 Å². The summed E-state index contributed by atoms with van der Waals surface area (Å²) in [6.07, 6.45) is 7.33. The summed E-state index contributed by atoms with van der Waals surface area (Å²) >= 11 is 0. The number of hydrogen-bond donors (Lipinski definition) is 1. The van der Waals surface area contributed by atoms with Crippen LogP contribution in [0, 0.1) is 17.8 Å². The highest BCUT2D eigenvalue weighted by Gasteiger charge is 2.42. The van der Waals surface area contributed by atoms with Crippen molar-refractivity contribution in [3.8, 4) is 0 Å². The first-order valence-corrected chi connectivity index (χ1v) is 12.3. The van der Waals surface area contributed by atoms with Gasteiger partial charge in [0.1, 0.15) is 0 Å². The molecule has 0 aromatic heterocycles. The number of amides is 1. The molecule has 4 atom stereocenters. The van der Waals surface area contributed by atoms with Crippen LogP contribution < -0.4 is 10.2 Å². The summed E-state index contributed by atoms with van der Waals surface area (Å²) in [5.41, 5.74) is 1.32. The predicted octanol–water partition coefficient (Wildman–Crippen LogP) is 3.09. The van der Waals surface area contributed by atoms with Crippen LogP contribution >= 0.6 is 0 Å². The predicted molar refractivity (Wildman–Crippen MR) is 115 cm³/mol. The topological polar surface area (TPSA) is 69.7 Å². The van der Waals surface area contributed by atoms with Crippen LogP contribution in [0.25, 0.3) is 0 Å². The molecule has 3 fully saturated rings. The highest BCUT2D eigenvalue weighted by Crippen LogP contribution is 2.49. The molecule has 4 rings (SSSR count). The zero-order valence-electron chi connectivity index (χ0n) is 17.7. The molecule has 1 aromatic rings. The molecule has 29 heavy (non-hydrogen) atoms. The van der Waals surface area contributed by atoms with Gasteiger partial charge < -0.3 is 10.2 Å². The van der Waals surface area contributed by atoms with E-state index in [-0.39, 0.29) is 16.8 Å². The van der Waals surface area contributed by atoms with E-state index in [1.807, 2.05) is 0 Å². The zero-order valence-corrected chi connectivity index (χ0v) is 18.5. The number of rotatable bonds is 6. The van der Waals surface area contributed by atoms with Crippen molar-refractivity contribution in [1.82, 2.24) is 9.62 Å². The number of nitrogens with one attached hydrogen (secondary N) is 1. The molecule has 1 saturated heterocycles. The molecule has 0 spiro atoms. The lowest BCUT2D eigenvalue weighted by atomic mass is 9.84. The molecule has 2 saturated carbocycles. The number of carbonyl (C=O) groups excluding carboxylic acids is 1. The molecule has 0 radical (unpaired) electrons. The number of nitrogens with zero attached hydrogens (tertiary/aromatic N) is 2. The minimum absolute atomic E-state index is 0.110. The van der Waals surface area contributed by atoms with Crippen LogP contribution in [-0.2, 0) is 10.0 Å². The van der Waals surface area contributed by atoms with Crippen molar-refractivity contribution in [2.75, 3.05) is 32.1 Å². The van der Waals surface area contributed by atoms with Crippen LogP contribution in [0.2, 0.25) is 0 Å². The summed E-state index contributed by atoms with van der Waals surface area (Å²) in [4.78, 5) is 15.7. The van der Waals surface area contributed by atoms with Crippen LogP contribution in [0.5, 0.6) is 0 Å². The van der Waals surface area contributed by atoms with Crippen LogP contribution in [0.1, 0.15) is 55.8 Å². The highest BCUT2D eigenvalue weighted by atomic mass is 32.2. The molecule has 1 aromatic carbocycles. The van der Waals surface area contributed by atoms with E-state index in [0.717, 1.165) is 43.5 Å². The minimum atomic E-state index is -3.59. The summed E-state index contributed by atoms with van der Waals surface area (Å²) in [5.74, 6) is 1.95. The second-order valence-electron chi connectivity index (χ2n) is 9.26. The molecule has 3 aliphatic rings. The lowest BCUT2D eigenvalue weighted by Gasteiger charge is -2.29. The molecule has 2 bridgehead atoms. The van der Waals surface area contributed by atoms with Crippen LogP contribution in [0.15, 0.2) is 23.1 Å². The Morgan fingerprint density at radius 3 is 2.48 bits per heavy atom. The van der Waals surface area contributed by atoms with E-state index in [9.17, 15) is 13.2 Å². The average molecular weight is 420 g/mol. The third-order valence-electron chi connectivity index (χ3n) is 7.23. The lowest BCUT2D eigenvalue weighted by Crippen LogP contribution is -2.40. The summed E-state index contributed by atoms with van der Waals surface area (Å²) < 4.78 is 26.5. The van der Waals surface area contributed by atoms with Crippen molar-refractivity contribution < 1.29 is 13.2 Å². The van der Waals surface area contributed by atoms with Crippen molar-refractivity contribution in [3.63, 3.8) is 0 Å². The SMILES string of the molecule is C[C@@H](NC(=O)c1cc(S(=O)(=O)N(C)C)ccc1N1CCCC1)[C@@H]1C[C@H]2CC[C@H]1C2. The Morgan fingerprint density at radius 1 is 1.17 bits per heavy atom. The van der Waals surface area contributed by atoms with Crippen molar-refractivity contribution in [2.24, 2.45) is 17.8 Å². The Bertz CT molecular complexity index is 877. The van der Waals surface area contributed by atoms with Gasteiger partial charge in [-0.3, -0.25) is 4.79 Å². The Hall–Kier alpha value is -1.60. The van der Waals surface area contributed by atoms with Crippen molar-refractivity contribution >= 4 is 21.6 Å². The second kappa shape index (κ2) is 7.91. The summed E-state index contributed by atoms with van der Waals surface area (Å²) in [6.45, 7) is 3.92. The normalized spacial score (nSPS) is 27.6. The average Bonchev–Trinajstić information content (AvgIpc) is 3.45. The molecule has 2 aliphatic carbocycles. The fourth-order valence-corrected chi connectivity index (χ4v) is 6.53. The Balaban J connectivity index is 1.61. The van der Waals surface area contributed by atoms with E-state index >= 15 is 0 Å². The molecular formula is C22H33N3O3S. The molecule has 160 valence electrons. The minimum Gasteiger partial charge on any atom is -0.371 e. The van der Waals surface area contributed by atoms with E-state index in [4.69, 9.17) is 0 Å². The van der Waals surface area contributed by atoms with Crippen molar-refractivity contribution in [3.05, 3.63) is 23.8 Å². The van der Waals surface area contributed by atoms with Gasteiger partial charge in [0.25, 0.3) is 5.91 Å². The third kappa shape index (κ3) is 3.91. The number of hydrogen-bond acceptors (Lipinski definition) is 4. The fourth-order valence-electron chi connectivity index (χ4n) is 5.60. The number of anilines is 1. The van der Waals surface area contributed by atoms with Gasteiger partial charge in [-0.2, -0.15) is 0 Å². The van der Waals surface area contributed by atoms with Crippen molar-refractivity contribution in [1.29, 1.82) is 0 Å². The highest BCUT2D eigenvalue weighted by molar-refractivity contribution is 7.89. The Labute approximate surface area is 174 Å². The second-order valence-corrected chi connectivity index (χ2v) is 11.4. The summed E-state index contributed by atoms with van der Waals surface area (Å²) in [7, 11) is -0.560. The molecule has 1 amide bonds. The number of benzene rings is 1. The molecule has 1 aliphatic heterocycles. The van der Waals surface area contributed by atoms with Gasteiger partial charge in [0.05, 0.1) is 10.5 Å². The van der Waals surface area contributed by atoms with Gasteiger partial charge in [-0.1, -0.05) is 6.42 Å². The quantitative estimate of drug-likeness (QED) is 0.769. The van der Waals surface area contributed by atoms with E-state index in [0.29, 0.717) is 11.5 Å². The van der Waals surface area contributed by atoms with Crippen LogP contribution in [0.4, 0.5) is 5.69 Å². The third-order valence-corrected chi connectivity index (χ3v) is 9.04. The van der Waals surface area contributed by atoms with E-state index in [2.05, 4.69) is 17.1 Å². The molecule has 1 heterocycles. The first-order valence-electron chi connectivity index (χ1n) is 10.9. The molecular weight excluding hydrogens is 386 g/mol. The molecule has 1 N–H and O–H groups in total. The zero-order chi connectivity index (χ0) is 20.8. The van der Waals surface area contributed by atoms with E-state index < -0.39 is 10.0 Å². The monoisotopic (exact) mass is 419 g/mol. The van der Waals surface area contributed by atoms with Gasteiger partial charge >= 0.3 is 0 Å². The van der Waals surface area contributed by atoms with Gasteiger partial charge in [0, 0.05) is 38.9 Å². The maximum atomic E-state index is 13.3. The van der Waals surface area contributed by atoms with Crippen molar-refractivity contribution in [2.45, 2.75) is 56.4 Å². The fraction of sp³-hybridized carbons (Fsp3) is 0.682. The number of sulfonamides is 1. The van der Waals surface area contributed by atoms with Gasteiger partial charge in [-0.25, -0.2) is 12.7 Å². The van der Waals surface area contributed by atoms with Gasteiger partial charge in [0.15, 0.2) is 0 Å². The number of fused-ring (bicyclic) bond motifs is 2. The van der Waals surface area contributed by atoms with Crippen LogP contribution in [0.3, 0.4) is 0 Å². The Morgan fingerprint density at radius 2 is 1.90 bits per heavy atom. The number of carbonyl (C=O) groups is 1. The smallest absolute Gasteiger partial charge is 0.253 e. The first-order chi connectivity index (χ1) is 13.8. The molecule has 6 nitrogen and oxygen atoms in total. The van der Waals surface area contributed by atoms with Gasteiger partial charge in [-0.05, 0) is 75.0 Å². The molecule has 7 heteroatoms.